The first kappa shape index (κ1) is 18.0. The van der Waals surface area contributed by atoms with Gasteiger partial charge in [-0.05, 0) is 69.1 Å². The van der Waals surface area contributed by atoms with Crippen LogP contribution in [-0.4, -0.2) is 16.9 Å². The van der Waals surface area contributed by atoms with Crippen LogP contribution in [0.25, 0.3) is 0 Å². The van der Waals surface area contributed by atoms with Crippen molar-refractivity contribution in [2.24, 2.45) is 4.99 Å². The van der Waals surface area contributed by atoms with Crippen molar-refractivity contribution in [2.45, 2.75) is 38.8 Å². The van der Waals surface area contributed by atoms with Crippen LogP contribution in [-0.2, 0) is 10.3 Å². The van der Waals surface area contributed by atoms with E-state index < -0.39 is 17.2 Å². The van der Waals surface area contributed by atoms with E-state index in [4.69, 9.17) is 4.74 Å². The second-order valence-electron chi connectivity index (χ2n) is 6.33. The summed E-state index contributed by atoms with van der Waals surface area (Å²) in [6.45, 7) is 7.32. The molecule has 1 aromatic rings. The number of ether oxygens (including phenoxy) is 1. The normalized spacial score (nSPS) is 20.9. The summed E-state index contributed by atoms with van der Waals surface area (Å²) in [5.74, 6) is -0.366. The standard InChI is InChI=1S/C16H18BrFN2O2S/c1-15(2,3)19-13(21)22-14-20-16(4,7-8-23-14)11-9-10(17)5-6-12(11)18/h5-9H,1-4H3,(H,19,21)/t16-/m0/s1. The second kappa shape index (κ2) is 6.65. The molecule has 4 nitrogen and oxygen atoms in total. The number of alkyl carbamates (subject to hydrolysis) is 1. The summed E-state index contributed by atoms with van der Waals surface area (Å²) in [6.07, 6.45) is 1.19. The maximum Gasteiger partial charge on any atom is 0.414 e. The number of nitrogens with zero attached hydrogens (tertiary/aromatic N) is 1. The number of hydrogen-bond donors (Lipinski definition) is 1. The molecule has 0 spiro atoms. The predicted octanol–water partition coefficient (Wildman–Crippen LogP) is 4.94. The molecule has 1 aliphatic rings. The van der Waals surface area contributed by atoms with E-state index in [1.54, 1.807) is 30.5 Å². The average molecular weight is 401 g/mol. The molecule has 1 amide bonds. The number of rotatable bonds is 1. The summed E-state index contributed by atoms with van der Waals surface area (Å²) >= 11 is 4.51. The van der Waals surface area contributed by atoms with Crippen molar-refractivity contribution >= 4 is 39.0 Å². The summed E-state index contributed by atoms with van der Waals surface area (Å²) in [5, 5.41) is 4.61. The van der Waals surface area contributed by atoms with Crippen LogP contribution in [0.2, 0.25) is 0 Å². The first-order valence-corrected chi connectivity index (χ1v) is 8.66. The van der Waals surface area contributed by atoms with Crippen LogP contribution in [0.5, 0.6) is 0 Å². The van der Waals surface area contributed by atoms with Crippen LogP contribution in [0.3, 0.4) is 0 Å². The number of nitrogens with one attached hydrogen (secondary N) is 1. The molecule has 1 aliphatic heterocycles. The molecule has 0 saturated carbocycles. The molecule has 2 rings (SSSR count). The smallest absolute Gasteiger partial charge is 0.385 e. The zero-order valence-electron chi connectivity index (χ0n) is 13.3. The fourth-order valence-electron chi connectivity index (χ4n) is 1.97. The van der Waals surface area contributed by atoms with Gasteiger partial charge in [0, 0.05) is 15.6 Å². The molecule has 0 radical (unpaired) electrons. The van der Waals surface area contributed by atoms with E-state index in [2.05, 4.69) is 26.2 Å². The minimum absolute atomic E-state index is 0.177. The van der Waals surface area contributed by atoms with Crippen LogP contribution in [0.15, 0.2) is 39.1 Å². The van der Waals surface area contributed by atoms with E-state index in [0.717, 1.165) is 4.47 Å². The third kappa shape index (κ3) is 4.81. The van der Waals surface area contributed by atoms with Gasteiger partial charge >= 0.3 is 6.09 Å². The number of benzene rings is 1. The van der Waals surface area contributed by atoms with Gasteiger partial charge in [-0.2, -0.15) is 0 Å². The van der Waals surface area contributed by atoms with Crippen LogP contribution in [0.1, 0.15) is 33.3 Å². The van der Waals surface area contributed by atoms with Crippen molar-refractivity contribution in [3.63, 3.8) is 0 Å². The zero-order chi connectivity index (χ0) is 17.3. The van der Waals surface area contributed by atoms with E-state index in [1.807, 2.05) is 20.8 Å². The molecule has 0 fully saturated rings. The van der Waals surface area contributed by atoms with E-state index >= 15 is 0 Å². The van der Waals surface area contributed by atoms with Gasteiger partial charge in [0.15, 0.2) is 0 Å². The first-order valence-electron chi connectivity index (χ1n) is 6.99. The number of carbonyl (C=O) groups is 1. The molecule has 0 saturated heterocycles. The maximum atomic E-state index is 14.2. The Labute approximate surface area is 147 Å². The Morgan fingerprint density at radius 1 is 1.43 bits per heavy atom. The van der Waals surface area contributed by atoms with E-state index in [9.17, 15) is 9.18 Å². The van der Waals surface area contributed by atoms with Crippen molar-refractivity contribution in [1.82, 2.24) is 5.32 Å². The van der Waals surface area contributed by atoms with E-state index in [-0.39, 0.29) is 11.0 Å². The molecule has 1 aromatic carbocycles. The Morgan fingerprint density at radius 2 is 2.13 bits per heavy atom. The largest absolute Gasteiger partial charge is 0.414 e. The highest BCUT2D eigenvalue weighted by Gasteiger charge is 2.31. The number of amides is 1. The molecule has 0 aliphatic carbocycles. The fraction of sp³-hybridized carbons (Fsp3) is 0.375. The molecule has 7 heteroatoms. The topological polar surface area (TPSA) is 50.7 Å². The number of carbonyl (C=O) groups excluding carboxylic acids is 1. The van der Waals surface area contributed by atoms with Crippen LogP contribution in [0, 0.1) is 5.82 Å². The zero-order valence-corrected chi connectivity index (χ0v) is 15.7. The van der Waals surface area contributed by atoms with Crippen molar-refractivity contribution in [2.75, 3.05) is 0 Å². The van der Waals surface area contributed by atoms with Gasteiger partial charge in [-0.25, -0.2) is 14.2 Å². The molecule has 1 N–H and O–H groups in total. The molecular formula is C16H18BrFN2O2S. The highest BCUT2D eigenvalue weighted by Crippen LogP contribution is 2.36. The van der Waals surface area contributed by atoms with Crippen LogP contribution >= 0.6 is 27.7 Å². The maximum absolute atomic E-state index is 14.2. The average Bonchev–Trinajstić information content (AvgIpc) is 2.39. The minimum Gasteiger partial charge on any atom is -0.385 e. The van der Waals surface area contributed by atoms with Crippen molar-refractivity contribution < 1.29 is 13.9 Å². The molecular weight excluding hydrogens is 383 g/mol. The monoisotopic (exact) mass is 400 g/mol. The quantitative estimate of drug-likeness (QED) is 0.725. The molecule has 0 bridgehead atoms. The highest BCUT2D eigenvalue weighted by atomic mass is 79.9. The summed E-state index contributed by atoms with van der Waals surface area (Å²) in [6, 6.07) is 4.68. The first-order chi connectivity index (χ1) is 10.6. The molecule has 1 heterocycles. The number of halogens is 2. The van der Waals surface area contributed by atoms with E-state index in [1.165, 1.54) is 17.8 Å². The lowest BCUT2D eigenvalue weighted by Crippen LogP contribution is -2.41. The van der Waals surface area contributed by atoms with Gasteiger partial charge in [0.1, 0.15) is 11.4 Å². The molecule has 1 atom stereocenters. The Morgan fingerprint density at radius 3 is 2.78 bits per heavy atom. The molecule has 124 valence electrons. The van der Waals surface area contributed by atoms with Gasteiger partial charge in [-0.1, -0.05) is 15.9 Å². The summed E-state index contributed by atoms with van der Waals surface area (Å²) < 4.78 is 20.1. The van der Waals surface area contributed by atoms with Gasteiger partial charge in [0.2, 0.25) is 0 Å². The Balaban J connectivity index is 2.25. The van der Waals surface area contributed by atoms with E-state index in [0.29, 0.717) is 5.56 Å². The fourth-order valence-corrected chi connectivity index (χ4v) is 3.15. The lowest BCUT2D eigenvalue weighted by Gasteiger charge is -2.27. The third-order valence-electron chi connectivity index (χ3n) is 3.02. The van der Waals surface area contributed by atoms with Gasteiger partial charge in [-0.3, -0.25) is 0 Å². The van der Waals surface area contributed by atoms with Gasteiger partial charge in [0.25, 0.3) is 5.23 Å². The number of thioether (sulfide) groups is 1. The van der Waals surface area contributed by atoms with Gasteiger partial charge < -0.3 is 10.1 Å². The minimum atomic E-state index is -0.934. The second-order valence-corrected chi connectivity index (χ2v) is 8.11. The molecule has 0 aromatic heterocycles. The Kier molecular flexibility index (Phi) is 5.20. The van der Waals surface area contributed by atoms with Crippen molar-refractivity contribution in [1.29, 1.82) is 0 Å². The van der Waals surface area contributed by atoms with Crippen LogP contribution in [0.4, 0.5) is 9.18 Å². The summed E-state index contributed by atoms with van der Waals surface area (Å²) in [7, 11) is 0. The lowest BCUT2D eigenvalue weighted by atomic mass is 9.92. The highest BCUT2D eigenvalue weighted by molar-refractivity contribution is 9.10. The molecule has 0 unspecified atom stereocenters. The molecule has 23 heavy (non-hydrogen) atoms. The van der Waals surface area contributed by atoms with Gasteiger partial charge in [-0.15, -0.1) is 0 Å². The number of hydrogen-bond acceptors (Lipinski definition) is 4. The lowest BCUT2D eigenvalue weighted by molar-refractivity contribution is 0.188. The summed E-state index contributed by atoms with van der Waals surface area (Å²) in [5.41, 5.74) is -0.941. The predicted molar refractivity (Wildman–Crippen MR) is 95.0 cm³/mol. The van der Waals surface area contributed by atoms with Gasteiger partial charge in [0.05, 0.1) is 0 Å². The summed E-state index contributed by atoms with van der Waals surface area (Å²) in [4.78, 5) is 16.3. The Hall–Kier alpha value is -1.34. The van der Waals surface area contributed by atoms with Crippen molar-refractivity contribution in [3.8, 4) is 0 Å². The SMILES string of the molecule is CC(C)(C)NC(=O)OC1=N[C@](C)(c2cc(Br)ccc2F)C=CS1. The number of aliphatic imine (C=N–C) groups is 1. The Bertz CT molecular complexity index is 685. The van der Waals surface area contributed by atoms with Crippen molar-refractivity contribution in [3.05, 3.63) is 45.5 Å². The van der Waals surface area contributed by atoms with Crippen LogP contribution < -0.4 is 5.32 Å². The third-order valence-corrected chi connectivity index (χ3v) is 4.16.